The fourth-order valence-corrected chi connectivity index (χ4v) is 10.4. The van der Waals surface area contributed by atoms with Gasteiger partial charge >= 0.3 is 0 Å². The summed E-state index contributed by atoms with van der Waals surface area (Å²) in [6.45, 7) is 4.62. The van der Waals surface area contributed by atoms with Crippen molar-refractivity contribution in [1.82, 2.24) is 19.5 Å². The van der Waals surface area contributed by atoms with Crippen LogP contribution < -0.4 is 0 Å². The lowest BCUT2D eigenvalue weighted by molar-refractivity contribution is 0.660. The highest BCUT2D eigenvalue weighted by Gasteiger charge is 2.35. The van der Waals surface area contributed by atoms with E-state index >= 15 is 0 Å². The number of fused-ring (bicyclic) bond motifs is 9. The van der Waals surface area contributed by atoms with Gasteiger partial charge in [0, 0.05) is 49.3 Å². The Hall–Kier alpha value is -8.41. The predicted octanol–water partition coefficient (Wildman–Crippen LogP) is 15.5. The maximum absolute atomic E-state index is 6.70. The van der Waals surface area contributed by atoms with E-state index in [1.54, 1.807) is 0 Å². The van der Waals surface area contributed by atoms with Gasteiger partial charge in [-0.25, -0.2) is 15.0 Å². The number of nitrogens with zero attached hydrogens (tertiary/aromatic N) is 4. The van der Waals surface area contributed by atoms with E-state index in [4.69, 9.17) is 19.4 Å². The topological polar surface area (TPSA) is 56.7 Å². The van der Waals surface area contributed by atoms with E-state index in [1.807, 2.05) is 0 Å². The molecule has 13 rings (SSSR count). The van der Waals surface area contributed by atoms with E-state index in [9.17, 15) is 0 Å². The molecule has 5 heteroatoms. The summed E-state index contributed by atoms with van der Waals surface area (Å²) in [6.07, 6.45) is 0. The summed E-state index contributed by atoms with van der Waals surface area (Å²) >= 11 is 0. The summed E-state index contributed by atoms with van der Waals surface area (Å²) < 4.78 is 9.03. The molecule has 0 unspecified atom stereocenters. The van der Waals surface area contributed by atoms with Gasteiger partial charge in [0.05, 0.1) is 11.0 Å². The monoisotopic (exact) mass is 832 g/mol. The van der Waals surface area contributed by atoms with Crippen LogP contribution in [0.2, 0.25) is 0 Å². The van der Waals surface area contributed by atoms with Crippen LogP contribution in [0.5, 0.6) is 0 Å². The Labute approximate surface area is 376 Å². The van der Waals surface area contributed by atoms with Gasteiger partial charge in [-0.3, -0.25) is 0 Å². The summed E-state index contributed by atoms with van der Waals surface area (Å²) in [5.41, 5.74) is 17.3. The van der Waals surface area contributed by atoms with E-state index in [1.165, 1.54) is 33.4 Å². The Bertz CT molecular complexity index is 3860. The summed E-state index contributed by atoms with van der Waals surface area (Å²) in [4.78, 5) is 16.0. The maximum Gasteiger partial charge on any atom is 0.164 e. The molecule has 0 radical (unpaired) electrons. The second kappa shape index (κ2) is 14.3. The van der Waals surface area contributed by atoms with Crippen molar-refractivity contribution in [2.45, 2.75) is 19.3 Å². The average molecular weight is 833 g/mol. The smallest absolute Gasteiger partial charge is 0.164 e. The van der Waals surface area contributed by atoms with E-state index in [0.29, 0.717) is 17.5 Å². The molecule has 65 heavy (non-hydrogen) atoms. The molecular weight excluding hydrogens is 793 g/mol. The number of benzene rings is 9. The number of hydrogen-bond acceptors (Lipinski definition) is 4. The van der Waals surface area contributed by atoms with Gasteiger partial charge in [-0.15, -0.1) is 0 Å². The third-order valence-corrected chi connectivity index (χ3v) is 13.5. The highest BCUT2D eigenvalue weighted by Crippen LogP contribution is 2.50. The van der Waals surface area contributed by atoms with Crippen LogP contribution in [-0.4, -0.2) is 19.5 Å². The van der Waals surface area contributed by atoms with Crippen molar-refractivity contribution in [1.29, 1.82) is 0 Å². The Morgan fingerprint density at radius 2 is 0.985 bits per heavy atom. The first-order valence-corrected chi connectivity index (χ1v) is 22.2. The Morgan fingerprint density at radius 3 is 1.85 bits per heavy atom. The molecule has 3 heterocycles. The van der Waals surface area contributed by atoms with Crippen LogP contribution in [0.4, 0.5) is 0 Å². The molecule has 0 saturated heterocycles. The molecule has 1 aliphatic carbocycles. The SMILES string of the molecule is CC1(C)c2ccccc2-c2cc(-c3nc(-c4ccc5c(c4)oc4cccc(-c6cccc(-c7ccccc7)c6)c45)nc(-c4cccc5c4c4ccccc4n5-c4ccccc4)n3)ccc21. The number of hydrogen-bond donors (Lipinski definition) is 0. The fraction of sp³-hybridized carbons (Fsp3) is 0.0500. The summed E-state index contributed by atoms with van der Waals surface area (Å²) in [6, 6.07) is 73.0. The summed E-state index contributed by atoms with van der Waals surface area (Å²) in [7, 11) is 0. The predicted molar refractivity (Wildman–Crippen MR) is 266 cm³/mol. The first-order valence-electron chi connectivity index (χ1n) is 22.2. The van der Waals surface area contributed by atoms with Gasteiger partial charge < -0.3 is 8.98 Å². The van der Waals surface area contributed by atoms with Crippen molar-refractivity contribution in [2.75, 3.05) is 0 Å². The van der Waals surface area contributed by atoms with E-state index < -0.39 is 0 Å². The van der Waals surface area contributed by atoms with Crippen LogP contribution in [-0.2, 0) is 5.41 Å². The Morgan fingerprint density at radius 1 is 0.369 bits per heavy atom. The zero-order chi connectivity index (χ0) is 43.2. The minimum absolute atomic E-state index is 0.116. The van der Waals surface area contributed by atoms with Crippen molar-refractivity contribution >= 4 is 43.7 Å². The molecule has 0 N–H and O–H groups in total. The second-order valence-electron chi connectivity index (χ2n) is 17.6. The molecule has 306 valence electrons. The number of aromatic nitrogens is 4. The standard InChI is InChI=1S/C60H40N4O/c1-60(2)49-26-11-9-22-44(49)48-35-40(31-33-50(48)60)57-61-58(63-59(62-57)47-25-14-28-52-55(47)45-23-10-12-27-51(45)64(52)42-20-7-4-8-21-42)41-30-32-46-54(36-41)65-53-29-15-24-43(56(46)53)39-19-13-18-38(34-39)37-16-5-3-6-17-37/h3-36H,1-2H3. The molecule has 0 amide bonds. The molecule has 12 aromatic rings. The first kappa shape index (κ1) is 37.2. The lowest BCUT2D eigenvalue weighted by atomic mass is 9.82. The number of para-hydroxylation sites is 2. The summed E-state index contributed by atoms with van der Waals surface area (Å²) in [5, 5.41) is 4.35. The van der Waals surface area contributed by atoms with Crippen molar-refractivity contribution < 1.29 is 4.42 Å². The largest absolute Gasteiger partial charge is 0.456 e. The third-order valence-electron chi connectivity index (χ3n) is 13.5. The molecule has 0 bridgehead atoms. The number of rotatable bonds is 6. The molecule has 0 saturated carbocycles. The minimum Gasteiger partial charge on any atom is -0.456 e. The van der Waals surface area contributed by atoms with Gasteiger partial charge in [0.2, 0.25) is 0 Å². The molecule has 1 aliphatic rings. The van der Waals surface area contributed by atoms with Crippen LogP contribution in [0.25, 0.3) is 117 Å². The number of furan rings is 1. The van der Waals surface area contributed by atoms with Gasteiger partial charge in [-0.2, -0.15) is 0 Å². The molecular formula is C60H40N4O. The van der Waals surface area contributed by atoms with Crippen molar-refractivity contribution in [3.8, 4) is 73.2 Å². The molecule has 0 atom stereocenters. The molecule has 5 nitrogen and oxygen atoms in total. The van der Waals surface area contributed by atoms with Crippen LogP contribution in [0.3, 0.4) is 0 Å². The van der Waals surface area contributed by atoms with E-state index in [2.05, 4.69) is 225 Å². The van der Waals surface area contributed by atoms with Gasteiger partial charge in [0.15, 0.2) is 17.5 Å². The van der Waals surface area contributed by atoms with E-state index in [-0.39, 0.29) is 5.41 Å². The normalized spacial score (nSPS) is 12.9. The van der Waals surface area contributed by atoms with Crippen LogP contribution in [0.15, 0.2) is 211 Å². The molecule has 0 aliphatic heterocycles. The van der Waals surface area contributed by atoms with Gasteiger partial charge in [-0.05, 0) is 99.1 Å². The van der Waals surface area contributed by atoms with Gasteiger partial charge in [-0.1, -0.05) is 166 Å². The molecule has 0 fully saturated rings. The maximum atomic E-state index is 6.70. The van der Waals surface area contributed by atoms with E-state index in [0.717, 1.165) is 77.2 Å². The van der Waals surface area contributed by atoms with Gasteiger partial charge in [0.25, 0.3) is 0 Å². The first-order chi connectivity index (χ1) is 32.0. The average Bonchev–Trinajstić information content (AvgIpc) is 3.99. The third kappa shape index (κ3) is 5.82. The molecule has 0 spiro atoms. The highest BCUT2D eigenvalue weighted by molar-refractivity contribution is 6.16. The quantitative estimate of drug-likeness (QED) is 0.167. The fourth-order valence-electron chi connectivity index (χ4n) is 10.4. The molecule has 3 aromatic heterocycles. The zero-order valence-corrected chi connectivity index (χ0v) is 35.8. The summed E-state index contributed by atoms with van der Waals surface area (Å²) in [5.74, 6) is 1.80. The zero-order valence-electron chi connectivity index (χ0n) is 35.8. The second-order valence-corrected chi connectivity index (χ2v) is 17.6. The van der Waals surface area contributed by atoms with Crippen LogP contribution >= 0.6 is 0 Å². The van der Waals surface area contributed by atoms with Gasteiger partial charge in [0.1, 0.15) is 11.2 Å². The van der Waals surface area contributed by atoms with Crippen LogP contribution in [0, 0.1) is 0 Å². The van der Waals surface area contributed by atoms with Crippen molar-refractivity contribution in [2.24, 2.45) is 0 Å². The molecule has 9 aromatic carbocycles. The lowest BCUT2D eigenvalue weighted by Gasteiger charge is -2.21. The Balaban J connectivity index is 1.01. The highest BCUT2D eigenvalue weighted by atomic mass is 16.3. The van der Waals surface area contributed by atoms with Crippen molar-refractivity contribution in [3.63, 3.8) is 0 Å². The lowest BCUT2D eigenvalue weighted by Crippen LogP contribution is -2.14. The van der Waals surface area contributed by atoms with Crippen molar-refractivity contribution in [3.05, 3.63) is 217 Å². The minimum atomic E-state index is -0.116. The Kier molecular flexibility index (Phi) is 8.18. The van der Waals surface area contributed by atoms with Crippen LogP contribution in [0.1, 0.15) is 25.0 Å².